The van der Waals surface area contributed by atoms with Crippen LogP contribution in [0.1, 0.15) is 46.4 Å². The van der Waals surface area contributed by atoms with E-state index in [0.29, 0.717) is 34.3 Å². The van der Waals surface area contributed by atoms with E-state index in [9.17, 15) is 9.59 Å². The molecule has 2 heterocycles. The number of hydrogen-bond donors (Lipinski definition) is 1. The summed E-state index contributed by atoms with van der Waals surface area (Å²) in [5.41, 5.74) is 2.02. The van der Waals surface area contributed by atoms with Crippen LogP contribution in [-0.2, 0) is 9.47 Å². The predicted molar refractivity (Wildman–Crippen MR) is 113 cm³/mol. The van der Waals surface area contributed by atoms with Gasteiger partial charge in [-0.2, -0.15) is 0 Å². The number of carbonyl (C=O) groups excluding carboxylic acids is 2. The van der Waals surface area contributed by atoms with Crippen molar-refractivity contribution in [2.75, 3.05) is 18.5 Å². The van der Waals surface area contributed by atoms with Gasteiger partial charge in [-0.15, -0.1) is 11.3 Å². The van der Waals surface area contributed by atoms with Crippen molar-refractivity contribution in [3.8, 4) is 0 Å². The first-order chi connectivity index (χ1) is 13.9. The lowest BCUT2D eigenvalue weighted by atomic mass is 10.2. The van der Waals surface area contributed by atoms with Gasteiger partial charge in [0.05, 0.1) is 24.2 Å². The van der Waals surface area contributed by atoms with Crippen LogP contribution in [0.5, 0.6) is 0 Å². The van der Waals surface area contributed by atoms with Crippen LogP contribution in [0.15, 0.2) is 30.6 Å². The van der Waals surface area contributed by atoms with Crippen LogP contribution >= 0.6 is 11.3 Å². The molecule has 0 aliphatic heterocycles. The van der Waals surface area contributed by atoms with E-state index < -0.39 is 0 Å². The molecule has 3 rings (SSSR count). The lowest BCUT2D eigenvalue weighted by Crippen LogP contribution is -2.09. The summed E-state index contributed by atoms with van der Waals surface area (Å²) >= 11 is 1.29. The topological polar surface area (TPSA) is 90.4 Å². The zero-order valence-corrected chi connectivity index (χ0v) is 17.6. The molecule has 0 spiro atoms. The molecule has 2 aromatic heterocycles. The summed E-state index contributed by atoms with van der Waals surface area (Å²) in [6.07, 6.45) is 1.46. The van der Waals surface area contributed by atoms with Crippen LogP contribution in [0.4, 0.5) is 11.5 Å². The van der Waals surface area contributed by atoms with E-state index in [1.807, 2.05) is 20.8 Å². The fourth-order valence-electron chi connectivity index (χ4n) is 2.71. The Morgan fingerprint density at radius 2 is 1.83 bits per heavy atom. The molecule has 29 heavy (non-hydrogen) atoms. The number of nitrogens with zero attached hydrogens (tertiary/aromatic N) is 2. The van der Waals surface area contributed by atoms with Crippen molar-refractivity contribution in [1.29, 1.82) is 0 Å². The largest absolute Gasteiger partial charge is 0.462 e. The molecule has 0 aliphatic rings. The van der Waals surface area contributed by atoms with Crippen molar-refractivity contribution in [3.63, 3.8) is 0 Å². The number of thiophene rings is 1. The Bertz CT molecular complexity index is 1030. The molecular formula is C21H23N3O4S. The number of hydrogen-bond acceptors (Lipinski definition) is 8. The summed E-state index contributed by atoms with van der Waals surface area (Å²) in [5, 5.41) is 4.02. The number of carbonyl (C=O) groups is 2. The molecule has 152 valence electrons. The molecule has 1 aromatic carbocycles. The van der Waals surface area contributed by atoms with Gasteiger partial charge in [-0.1, -0.05) is 13.8 Å². The Kier molecular flexibility index (Phi) is 6.43. The van der Waals surface area contributed by atoms with Gasteiger partial charge in [0, 0.05) is 5.69 Å². The Hall–Kier alpha value is -3.00. The molecule has 8 heteroatoms. The Labute approximate surface area is 173 Å². The number of aromatic nitrogens is 2. The van der Waals surface area contributed by atoms with Crippen molar-refractivity contribution in [2.45, 2.75) is 27.7 Å². The normalized spacial score (nSPS) is 10.9. The maximum Gasteiger partial charge on any atom is 0.348 e. The van der Waals surface area contributed by atoms with Gasteiger partial charge in [0.15, 0.2) is 0 Å². The van der Waals surface area contributed by atoms with Crippen molar-refractivity contribution >= 4 is 45.0 Å². The van der Waals surface area contributed by atoms with Gasteiger partial charge in [0.25, 0.3) is 0 Å². The molecule has 0 fully saturated rings. The number of aryl methyl sites for hydroxylation is 1. The number of anilines is 2. The van der Waals surface area contributed by atoms with Crippen molar-refractivity contribution in [1.82, 2.24) is 9.97 Å². The number of fused-ring (bicyclic) bond motifs is 1. The highest BCUT2D eigenvalue weighted by Gasteiger charge is 2.21. The van der Waals surface area contributed by atoms with Crippen LogP contribution < -0.4 is 5.32 Å². The lowest BCUT2D eigenvalue weighted by molar-refractivity contribution is 0.0463. The molecule has 3 aromatic rings. The summed E-state index contributed by atoms with van der Waals surface area (Å²) in [4.78, 5) is 34.1. The first-order valence-corrected chi connectivity index (χ1v) is 10.2. The maximum atomic E-state index is 12.4. The van der Waals surface area contributed by atoms with Gasteiger partial charge in [0.2, 0.25) is 0 Å². The summed E-state index contributed by atoms with van der Waals surface area (Å²) in [6.45, 7) is 8.32. The third-order valence-electron chi connectivity index (χ3n) is 4.12. The minimum Gasteiger partial charge on any atom is -0.462 e. The molecule has 7 nitrogen and oxygen atoms in total. The quantitative estimate of drug-likeness (QED) is 0.560. The molecule has 0 saturated carbocycles. The van der Waals surface area contributed by atoms with E-state index in [0.717, 1.165) is 16.6 Å². The second-order valence-corrected chi connectivity index (χ2v) is 7.87. The minimum absolute atomic E-state index is 0.267. The standard InChI is InChI=1S/C21H23N3O4S/c1-5-27-20(25)14-6-8-15(9-7-14)24-18-16-13(4)17(21(26)28-10-12(2)3)29-19(16)23-11-22-18/h6-9,11-12H,5,10H2,1-4H3,(H,22,23,24). The zero-order valence-electron chi connectivity index (χ0n) is 16.8. The van der Waals surface area contributed by atoms with Crippen LogP contribution in [-0.4, -0.2) is 35.1 Å². The van der Waals surface area contributed by atoms with Crippen molar-refractivity contribution < 1.29 is 19.1 Å². The molecule has 0 unspecified atom stereocenters. The van der Waals surface area contributed by atoms with E-state index in [1.54, 1.807) is 31.2 Å². The number of rotatable bonds is 7. The third kappa shape index (κ3) is 4.71. The Morgan fingerprint density at radius 3 is 2.48 bits per heavy atom. The highest BCUT2D eigenvalue weighted by molar-refractivity contribution is 7.20. The van der Waals surface area contributed by atoms with Crippen molar-refractivity contribution in [3.05, 3.63) is 46.6 Å². The monoisotopic (exact) mass is 413 g/mol. The van der Waals surface area contributed by atoms with Gasteiger partial charge in [-0.25, -0.2) is 19.6 Å². The molecule has 0 atom stereocenters. The molecular weight excluding hydrogens is 390 g/mol. The molecule has 0 radical (unpaired) electrons. The fourth-order valence-corrected chi connectivity index (χ4v) is 3.75. The smallest absolute Gasteiger partial charge is 0.348 e. The zero-order chi connectivity index (χ0) is 21.0. The number of ether oxygens (including phenoxy) is 2. The van der Waals surface area contributed by atoms with E-state index in [2.05, 4.69) is 15.3 Å². The number of nitrogens with one attached hydrogen (secondary N) is 1. The van der Waals surface area contributed by atoms with Gasteiger partial charge in [0.1, 0.15) is 21.9 Å². The molecule has 0 aliphatic carbocycles. The molecule has 0 saturated heterocycles. The Morgan fingerprint density at radius 1 is 1.10 bits per heavy atom. The average Bonchev–Trinajstić information content (AvgIpc) is 3.04. The van der Waals surface area contributed by atoms with Crippen LogP contribution in [0, 0.1) is 12.8 Å². The number of benzene rings is 1. The summed E-state index contributed by atoms with van der Waals surface area (Å²) in [6, 6.07) is 6.93. The first-order valence-electron chi connectivity index (χ1n) is 9.36. The van der Waals surface area contributed by atoms with E-state index in [-0.39, 0.29) is 17.9 Å². The maximum absolute atomic E-state index is 12.4. The first kappa shape index (κ1) is 20.7. The predicted octanol–water partition coefficient (Wildman–Crippen LogP) is 4.73. The second-order valence-electron chi connectivity index (χ2n) is 6.87. The summed E-state index contributed by atoms with van der Waals surface area (Å²) in [5.74, 6) is 0.157. The summed E-state index contributed by atoms with van der Waals surface area (Å²) < 4.78 is 10.4. The second kappa shape index (κ2) is 9.00. The highest BCUT2D eigenvalue weighted by Crippen LogP contribution is 2.34. The Balaban J connectivity index is 1.86. The number of esters is 2. The van der Waals surface area contributed by atoms with Crippen LogP contribution in [0.2, 0.25) is 0 Å². The highest BCUT2D eigenvalue weighted by atomic mass is 32.1. The van der Waals surface area contributed by atoms with Crippen LogP contribution in [0.25, 0.3) is 10.2 Å². The molecule has 1 N–H and O–H groups in total. The lowest BCUT2D eigenvalue weighted by Gasteiger charge is -2.09. The van der Waals surface area contributed by atoms with Gasteiger partial charge >= 0.3 is 11.9 Å². The average molecular weight is 413 g/mol. The minimum atomic E-state index is -0.360. The van der Waals surface area contributed by atoms with E-state index in [1.165, 1.54) is 17.7 Å². The fraction of sp³-hybridized carbons (Fsp3) is 0.333. The summed E-state index contributed by atoms with van der Waals surface area (Å²) in [7, 11) is 0. The SMILES string of the molecule is CCOC(=O)c1ccc(Nc2ncnc3sc(C(=O)OCC(C)C)c(C)c23)cc1. The third-order valence-corrected chi connectivity index (χ3v) is 5.30. The van der Waals surface area contributed by atoms with Crippen molar-refractivity contribution in [2.24, 2.45) is 5.92 Å². The van der Waals surface area contributed by atoms with Gasteiger partial charge in [-0.3, -0.25) is 0 Å². The van der Waals surface area contributed by atoms with E-state index in [4.69, 9.17) is 9.47 Å². The molecule has 0 bridgehead atoms. The molecule has 0 amide bonds. The van der Waals surface area contributed by atoms with Gasteiger partial charge in [-0.05, 0) is 49.6 Å². The van der Waals surface area contributed by atoms with Crippen LogP contribution in [0.3, 0.4) is 0 Å². The van der Waals surface area contributed by atoms with Gasteiger partial charge < -0.3 is 14.8 Å². The van der Waals surface area contributed by atoms with E-state index >= 15 is 0 Å².